The Labute approximate surface area is 112 Å². The largest absolute Gasteiger partial charge is 0.271 e. The molecule has 0 aliphatic rings. The topological polar surface area (TPSA) is 38.0 Å². The number of hydrogen-bond acceptors (Lipinski definition) is 2. The molecule has 0 spiro atoms. The molecule has 0 radical (unpaired) electrons. The highest BCUT2D eigenvalue weighted by atomic mass is 15.2. The van der Waals surface area contributed by atoms with Crippen LogP contribution in [0.3, 0.4) is 0 Å². The maximum atomic E-state index is 5.84. The Morgan fingerprint density at radius 3 is 2.22 bits per heavy atom. The number of hydrazine groups is 1. The van der Waals surface area contributed by atoms with Crippen molar-refractivity contribution in [3.05, 3.63) is 34.9 Å². The molecule has 1 atom stereocenters. The fourth-order valence-corrected chi connectivity index (χ4v) is 2.79. The van der Waals surface area contributed by atoms with E-state index < -0.39 is 0 Å². The molecule has 2 nitrogen and oxygen atoms in total. The predicted molar refractivity (Wildman–Crippen MR) is 79.3 cm³/mol. The standard InChI is InChI=1S/C16H28N2/c1-5-7-14(8-6-2)16(18-17)15-11-12(3)9-10-13(15)4/h9-11,14,16,18H,5-8,17H2,1-4H3. The molecular weight excluding hydrogens is 220 g/mol. The Morgan fingerprint density at radius 1 is 1.11 bits per heavy atom. The second-order valence-corrected chi connectivity index (χ2v) is 5.34. The molecule has 0 aliphatic carbocycles. The summed E-state index contributed by atoms with van der Waals surface area (Å²) in [7, 11) is 0. The molecular formula is C16H28N2. The van der Waals surface area contributed by atoms with E-state index in [1.165, 1.54) is 42.4 Å². The second-order valence-electron chi connectivity index (χ2n) is 5.34. The molecule has 18 heavy (non-hydrogen) atoms. The van der Waals surface area contributed by atoms with Gasteiger partial charge in [0.1, 0.15) is 0 Å². The van der Waals surface area contributed by atoms with E-state index in [1.807, 2.05) is 0 Å². The van der Waals surface area contributed by atoms with Crippen molar-refractivity contribution >= 4 is 0 Å². The lowest BCUT2D eigenvalue weighted by Crippen LogP contribution is -2.34. The van der Waals surface area contributed by atoms with Crippen LogP contribution in [0, 0.1) is 19.8 Å². The van der Waals surface area contributed by atoms with Gasteiger partial charge in [-0.1, -0.05) is 50.5 Å². The fraction of sp³-hybridized carbons (Fsp3) is 0.625. The zero-order chi connectivity index (χ0) is 13.5. The summed E-state index contributed by atoms with van der Waals surface area (Å²) in [5, 5.41) is 0. The lowest BCUT2D eigenvalue weighted by Gasteiger charge is -2.28. The molecule has 0 aliphatic heterocycles. The highest BCUT2D eigenvalue weighted by molar-refractivity contribution is 5.33. The van der Waals surface area contributed by atoms with Crippen molar-refractivity contribution < 1.29 is 0 Å². The van der Waals surface area contributed by atoms with Crippen LogP contribution in [0.25, 0.3) is 0 Å². The Hall–Kier alpha value is -0.860. The highest BCUT2D eigenvalue weighted by Crippen LogP contribution is 2.31. The van der Waals surface area contributed by atoms with Gasteiger partial charge in [0.15, 0.2) is 0 Å². The van der Waals surface area contributed by atoms with E-state index >= 15 is 0 Å². The summed E-state index contributed by atoms with van der Waals surface area (Å²) in [5.41, 5.74) is 7.06. The minimum atomic E-state index is 0.282. The number of nitrogens with one attached hydrogen (secondary N) is 1. The Bertz CT molecular complexity index is 354. The molecule has 1 aromatic rings. The molecule has 102 valence electrons. The summed E-state index contributed by atoms with van der Waals surface area (Å²) >= 11 is 0. The molecule has 0 amide bonds. The van der Waals surface area contributed by atoms with Crippen LogP contribution in [-0.4, -0.2) is 0 Å². The quantitative estimate of drug-likeness (QED) is 0.565. The summed E-state index contributed by atoms with van der Waals surface area (Å²) in [6.07, 6.45) is 4.90. The van der Waals surface area contributed by atoms with E-state index in [9.17, 15) is 0 Å². The summed E-state index contributed by atoms with van der Waals surface area (Å²) in [6.45, 7) is 8.82. The van der Waals surface area contributed by atoms with Gasteiger partial charge in [-0.15, -0.1) is 0 Å². The van der Waals surface area contributed by atoms with Crippen molar-refractivity contribution in [3.8, 4) is 0 Å². The van der Waals surface area contributed by atoms with Crippen LogP contribution in [-0.2, 0) is 0 Å². The molecule has 0 bridgehead atoms. The first-order chi connectivity index (χ1) is 8.63. The van der Waals surface area contributed by atoms with Gasteiger partial charge in [0.2, 0.25) is 0 Å². The van der Waals surface area contributed by atoms with Gasteiger partial charge in [0.05, 0.1) is 0 Å². The average molecular weight is 248 g/mol. The third-order valence-corrected chi connectivity index (χ3v) is 3.74. The first-order valence-electron chi connectivity index (χ1n) is 7.17. The van der Waals surface area contributed by atoms with Crippen LogP contribution >= 0.6 is 0 Å². The van der Waals surface area contributed by atoms with Crippen LogP contribution in [0.15, 0.2) is 18.2 Å². The Balaban J connectivity index is 3.01. The molecule has 0 heterocycles. The number of hydrogen-bond donors (Lipinski definition) is 2. The number of nitrogens with two attached hydrogens (primary N) is 1. The van der Waals surface area contributed by atoms with E-state index in [2.05, 4.69) is 51.3 Å². The van der Waals surface area contributed by atoms with Gasteiger partial charge < -0.3 is 0 Å². The summed E-state index contributed by atoms with van der Waals surface area (Å²) in [4.78, 5) is 0. The molecule has 1 unspecified atom stereocenters. The molecule has 0 aromatic heterocycles. The Morgan fingerprint density at radius 2 is 1.72 bits per heavy atom. The van der Waals surface area contributed by atoms with Gasteiger partial charge >= 0.3 is 0 Å². The second kappa shape index (κ2) is 7.55. The summed E-state index contributed by atoms with van der Waals surface area (Å²) < 4.78 is 0. The lowest BCUT2D eigenvalue weighted by molar-refractivity contribution is 0.318. The van der Waals surface area contributed by atoms with Crippen LogP contribution in [0.1, 0.15) is 62.3 Å². The zero-order valence-corrected chi connectivity index (χ0v) is 12.3. The predicted octanol–water partition coefficient (Wildman–Crippen LogP) is 4.02. The van der Waals surface area contributed by atoms with Gasteiger partial charge in [-0.25, -0.2) is 0 Å². The molecule has 0 saturated carbocycles. The monoisotopic (exact) mass is 248 g/mol. The van der Waals surface area contributed by atoms with Crippen LogP contribution in [0.2, 0.25) is 0 Å². The van der Waals surface area contributed by atoms with E-state index in [-0.39, 0.29) is 6.04 Å². The third kappa shape index (κ3) is 3.82. The van der Waals surface area contributed by atoms with Crippen LogP contribution < -0.4 is 11.3 Å². The molecule has 0 saturated heterocycles. The van der Waals surface area contributed by atoms with Gasteiger partial charge in [0, 0.05) is 6.04 Å². The first kappa shape index (κ1) is 15.2. The fourth-order valence-electron chi connectivity index (χ4n) is 2.79. The normalized spacial score (nSPS) is 13.0. The smallest absolute Gasteiger partial charge is 0.0490 e. The molecule has 2 heteroatoms. The minimum Gasteiger partial charge on any atom is -0.271 e. The van der Waals surface area contributed by atoms with Crippen molar-refractivity contribution in [2.24, 2.45) is 11.8 Å². The number of benzene rings is 1. The average Bonchev–Trinajstić information content (AvgIpc) is 2.35. The molecule has 0 fully saturated rings. The molecule has 1 rings (SSSR count). The van der Waals surface area contributed by atoms with Crippen molar-refractivity contribution in [1.82, 2.24) is 5.43 Å². The van der Waals surface area contributed by atoms with Crippen molar-refractivity contribution in [3.63, 3.8) is 0 Å². The van der Waals surface area contributed by atoms with E-state index in [4.69, 9.17) is 5.84 Å². The van der Waals surface area contributed by atoms with Crippen LogP contribution in [0.5, 0.6) is 0 Å². The van der Waals surface area contributed by atoms with Crippen molar-refractivity contribution in [2.75, 3.05) is 0 Å². The van der Waals surface area contributed by atoms with Gasteiger partial charge in [-0.3, -0.25) is 11.3 Å². The van der Waals surface area contributed by atoms with Crippen LogP contribution in [0.4, 0.5) is 0 Å². The molecule has 3 N–H and O–H groups in total. The number of rotatable bonds is 7. The third-order valence-electron chi connectivity index (χ3n) is 3.74. The SMILES string of the molecule is CCCC(CCC)C(NN)c1cc(C)ccc1C. The van der Waals surface area contributed by atoms with E-state index in [0.717, 1.165) is 0 Å². The Kier molecular flexibility index (Phi) is 6.37. The van der Waals surface area contributed by atoms with E-state index in [1.54, 1.807) is 0 Å². The minimum absolute atomic E-state index is 0.282. The van der Waals surface area contributed by atoms with Crippen molar-refractivity contribution in [2.45, 2.75) is 59.4 Å². The van der Waals surface area contributed by atoms with Gasteiger partial charge in [-0.05, 0) is 43.7 Å². The number of aryl methyl sites for hydroxylation is 2. The lowest BCUT2D eigenvalue weighted by atomic mass is 9.84. The maximum Gasteiger partial charge on any atom is 0.0490 e. The van der Waals surface area contributed by atoms with Gasteiger partial charge in [0.25, 0.3) is 0 Å². The highest BCUT2D eigenvalue weighted by Gasteiger charge is 2.22. The summed E-state index contributed by atoms with van der Waals surface area (Å²) in [5.74, 6) is 6.47. The first-order valence-corrected chi connectivity index (χ1v) is 7.17. The maximum absolute atomic E-state index is 5.84. The zero-order valence-electron chi connectivity index (χ0n) is 12.3. The molecule has 1 aromatic carbocycles. The van der Waals surface area contributed by atoms with Gasteiger partial charge in [-0.2, -0.15) is 0 Å². The van der Waals surface area contributed by atoms with Crippen molar-refractivity contribution in [1.29, 1.82) is 0 Å². The van der Waals surface area contributed by atoms with E-state index in [0.29, 0.717) is 5.92 Å². The summed E-state index contributed by atoms with van der Waals surface area (Å²) in [6, 6.07) is 6.92.